The molecule has 1 aromatic heterocycles. The van der Waals surface area contributed by atoms with Crippen LogP contribution in [0.15, 0.2) is 36.7 Å². The number of aromatic nitrogens is 2. The van der Waals surface area contributed by atoms with Gasteiger partial charge in [0.2, 0.25) is 0 Å². The van der Waals surface area contributed by atoms with Gasteiger partial charge in [-0.15, -0.1) is 0 Å². The smallest absolute Gasteiger partial charge is 0.129 e. The van der Waals surface area contributed by atoms with Crippen LogP contribution in [-0.4, -0.2) is 16.5 Å². The highest BCUT2D eigenvalue weighted by Gasteiger charge is 2.54. The van der Waals surface area contributed by atoms with Crippen LogP contribution in [0.4, 0.5) is 5.82 Å². The van der Waals surface area contributed by atoms with Crippen LogP contribution in [0.5, 0.6) is 0 Å². The minimum atomic E-state index is 0.783. The number of nitrogens with one attached hydrogen (secondary N) is 1. The molecule has 1 N–H and O–H groups in total. The number of hydrogen-bond donors (Lipinski definition) is 1. The summed E-state index contributed by atoms with van der Waals surface area (Å²) in [5.74, 6) is 3.37. The number of anilines is 1. The molecule has 1 saturated carbocycles. The molecule has 2 aromatic rings. The fraction of sp³-hybridized carbons (Fsp3) is 0.375. The Morgan fingerprint density at radius 1 is 1.26 bits per heavy atom. The molecular weight excluding hydrogens is 234 g/mol. The second kappa shape index (κ2) is 4.05. The van der Waals surface area contributed by atoms with Gasteiger partial charge in [-0.2, -0.15) is 0 Å². The Hall–Kier alpha value is -1.90. The van der Waals surface area contributed by atoms with Gasteiger partial charge < -0.3 is 5.32 Å². The highest BCUT2D eigenvalue weighted by Crippen LogP contribution is 2.61. The molecule has 3 heteroatoms. The lowest BCUT2D eigenvalue weighted by atomic mass is 10.0. The third-order valence-corrected chi connectivity index (χ3v) is 4.52. The molecule has 0 bridgehead atoms. The van der Waals surface area contributed by atoms with Crippen LogP contribution in [0.1, 0.15) is 22.7 Å². The summed E-state index contributed by atoms with van der Waals surface area (Å²) in [6.45, 7) is 3.02. The van der Waals surface area contributed by atoms with Gasteiger partial charge >= 0.3 is 0 Å². The first kappa shape index (κ1) is 11.0. The van der Waals surface area contributed by atoms with Gasteiger partial charge in [0.25, 0.3) is 0 Å². The van der Waals surface area contributed by atoms with E-state index in [-0.39, 0.29) is 0 Å². The lowest BCUT2D eigenvalue weighted by molar-refractivity contribution is 0.718. The van der Waals surface area contributed by atoms with Crippen molar-refractivity contribution in [2.75, 3.05) is 11.9 Å². The molecule has 1 aromatic carbocycles. The molecule has 0 amide bonds. The van der Waals surface area contributed by atoms with Crippen LogP contribution in [0.25, 0.3) is 0 Å². The lowest BCUT2D eigenvalue weighted by Gasteiger charge is -2.09. The van der Waals surface area contributed by atoms with Gasteiger partial charge in [0, 0.05) is 18.3 Å². The largest absolute Gasteiger partial charge is 0.370 e. The Morgan fingerprint density at radius 2 is 2.16 bits per heavy atom. The van der Waals surface area contributed by atoms with Crippen molar-refractivity contribution in [2.24, 2.45) is 11.8 Å². The maximum Gasteiger partial charge on any atom is 0.129 e. The summed E-state index contributed by atoms with van der Waals surface area (Å²) in [4.78, 5) is 8.37. The first-order chi connectivity index (χ1) is 9.33. The van der Waals surface area contributed by atoms with Gasteiger partial charge in [0.05, 0.1) is 0 Å². The summed E-state index contributed by atoms with van der Waals surface area (Å²) in [7, 11) is 0. The summed E-state index contributed by atoms with van der Waals surface area (Å²) < 4.78 is 0. The summed E-state index contributed by atoms with van der Waals surface area (Å²) >= 11 is 0. The number of benzene rings is 1. The highest BCUT2D eigenvalue weighted by atomic mass is 15.0. The van der Waals surface area contributed by atoms with Crippen LogP contribution < -0.4 is 5.32 Å². The molecule has 4 rings (SSSR count). The van der Waals surface area contributed by atoms with Crippen LogP contribution >= 0.6 is 0 Å². The molecule has 96 valence electrons. The maximum atomic E-state index is 4.26. The van der Waals surface area contributed by atoms with Gasteiger partial charge in [-0.05, 0) is 42.2 Å². The van der Waals surface area contributed by atoms with Gasteiger partial charge in [-0.25, -0.2) is 9.97 Å². The van der Waals surface area contributed by atoms with Crippen molar-refractivity contribution in [3.05, 3.63) is 53.5 Å². The lowest BCUT2D eigenvalue weighted by Crippen LogP contribution is -2.09. The first-order valence-electron chi connectivity index (χ1n) is 6.93. The van der Waals surface area contributed by atoms with Gasteiger partial charge in [-0.3, -0.25) is 0 Å². The quantitative estimate of drug-likeness (QED) is 0.911. The number of fused-ring (bicyclic) bond motifs is 3. The zero-order valence-corrected chi connectivity index (χ0v) is 11.0. The average molecular weight is 251 g/mol. The summed E-state index contributed by atoms with van der Waals surface area (Å²) in [5.41, 5.74) is 4.16. The van der Waals surface area contributed by atoms with E-state index < -0.39 is 0 Å². The van der Waals surface area contributed by atoms with Crippen molar-refractivity contribution < 1.29 is 0 Å². The topological polar surface area (TPSA) is 37.8 Å². The number of hydrogen-bond acceptors (Lipinski definition) is 3. The van der Waals surface area contributed by atoms with Crippen molar-refractivity contribution >= 4 is 5.82 Å². The summed E-state index contributed by atoms with van der Waals surface area (Å²) in [5, 5.41) is 3.46. The fourth-order valence-corrected chi connectivity index (χ4v) is 3.54. The molecule has 2 aliphatic carbocycles. The first-order valence-corrected chi connectivity index (χ1v) is 6.93. The van der Waals surface area contributed by atoms with Crippen molar-refractivity contribution in [3.63, 3.8) is 0 Å². The maximum absolute atomic E-state index is 4.26. The van der Waals surface area contributed by atoms with E-state index in [1.54, 1.807) is 17.5 Å². The molecule has 2 aliphatic rings. The molecular formula is C16H17N3. The molecule has 3 atom stereocenters. The molecule has 3 unspecified atom stereocenters. The van der Waals surface area contributed by atoms with E-state index >= 15 is 0 Å². The van der Waals surface area contributed by atoms with E-state index in [9.17, 15) is 0 Å². The molecule has 0 radical (unpaired) electrons. The number of nitrogens with zero attached hydrogens (tertiary/aromatic N) is 2. The van der Waals surface area contributed by atoms with E-state index in [2.05, 4.69) is 39.6 Å². The normalized spacial score (nSPS) is 26.7. The Balaban J connectivity index is 1.43. The second-order valence-corrected chi connectivity index (χ2v) is 5.68. The van der Waals surface area contributed by atoms with Gasteiger partial charge in [0.1, 0.15) is 12.1 Å². The van der Waals surface area contributed by atoms with E-state index in [0.717, 1.165) is 35.8 Å². The minimum Gasteiger partial charge on any atom is -0.370 e. The van der Waals surface area contributed by atoms with Gasteiger partial charge in [-0.1, -0.05) is 24.3 Å². The zero-order valence-electron chi connectivity index (χ0n) is 11.0. The number of rotatable bonds is 3. The van der Waals surface area contributed by atoms with Crippen LogP contribution in [-0.2, 0) is 6.42 Å². The molecule has 0 aliphatic heterocycles. The van der Waals surface area contributed by atoms with E-state index in [0.29, 0.717) is 0 Å². The third-order valence-electron chi connectivity index (χ3n) is 4.52. The number of aryl methyl sites for hydroxylation is 1. The van der Waals surface area contributed by atoms with Gasteiger partial charge in [0.15, 0.2) is 0 Å². The molecule has 3 nitrogen and oxygen atoms in total. The molecule has 1 fully saturated rings. The summed E-state index contributed by atoms with van der Waals surface area (Å²) in [6, 6.07) is 10.9. The van der Waals surface area contributed by atoms with Crippen molar-refractivity contribution in [1.29, 1.82) is 0 Å². The Labute approximate surface area is 113 Å². The highest BCUT2D eigenvalue weighted by molar-refractivity contribution is 5.44. The van der Waals surface area contributed by atoms with Crippen molar-refractivity contribution in [2.45, 2.75) is 19.3 Å². The standard InChI is InChI=1S/C16H17N3/c1-10-6-15(19-9-18-10)17-8-14-13-7-11-4-2-3-5-12(11)16(13)14/h2-6,9,13-14,16H,7-8H2,1H3,(H,17,18,19). The van der Waals surface area contributed by atoms with Crippen LogP contribution in [0.2, 0.25) is 0 Å². The molecule has 0 saturated heterocycles. The minimum absolute atomic E-state index is 0.783. The molecule has 1 heterocycles. The SMILES string of the molecule is Cc1cc(NCC2C3Cc4ccccc4C23)ncn1. The Morgan fingerprint density at radius 3 is 3.05 bits per heavy atom. The average Bonchev–Trinajstić information content (AvgIpc) is 2.96. The predicted molar refractivity (Wildman–Crippen MR) is 75.1 cm³/mol. The monoisotopic (exact) mass is 251 g/mol. The predicted octanol–water partition coefficient (Wildman–Crippen LogP) is 2.78. The van der Waals surface area contributed by atoms with E-state index in [1.807, 2.05) is 13.0 Å². The zero-order chi connectivity index (χ0) is 12.8. The van der Waals surface area contributed by atoms with Crippen molar-refractivity contribution in [1.82, 2.24) is 9.97 Å². The summed E-state index contributed by atoms with van der Waals surface area (Å²) in [6.07, 6.45) is 2.89. The van der Waals surface area contributed by atoms with E-state index in [1.165, 1.54) is 6.42 Å². The third kappa shape index (κ3) is 1.81. The van der Waals surface area contributed by atoms with Crippen LogP contribution in [0.3, 0.4) is 0 Å². The van der Waals surface area contributed by atoms with Crippen LogP contribution in [0, 0.1) is 18.8 Å². The Bertz CT molecular complexity index is 623. The van der Waals surface area contributed by atoms with E-state index in [4.69, 9.17) is 0 Å². The molecule has 0 spiro atoms. The molecule has 19 heavy (non-hydrogen) atoms. The fourth-order valence-electron chi connectivity index (χ4n) is 3.54. The van der Waals surface area contributed by atoms with Crippen molar-refractivity contribution in [3.8, 4) is 0 Å². The second-order valence-electron chi connectivity index (χ2n) is 5.68. The Kier molecular flexibility index (Phi) is 2.34.